The van der Waals surface area contributed by atoms with Gasteiger partial charge in [-0.1, -0.05) is 121 Å². The molecule has 0 aliphatic heterocycles. The molecule has 0 bridgehead atoms. The number of fused-ring (bicyclic) bond motifs is 5. The van der Waals surface area contributed by atoms with Gasteiger partial charge >= 0.3 is 0 Å². The Morgan fingerprint density at radius 3 is 1.45 bits per heavy atom. The average molecular weight is 511 g/mol. The van der Waals surface area contributed by atoms with E-state index in [1.54, 1.807) is 0 Å². The second kappa shape index (κ2) is 8.97. The first-order chi connectivity index (χ1) is 19.8. The van der Waals surface area contributed by atoms with Crippen LogP contribution in [0.25, 0.3) is 76.9 Å². The van der Waals surface area contributed by atoms with Crippen LogP contribution in [-0.2, 0) is 0 Å². The molecule has 1 heterocycles. The van der Waals surface area contributed by atoms with Gasteiger partial charge in [0.1, 0.15) is 11.2 Å². The van der Waals surface area contributed by atoms with Gasteiger partial charge in [0.15, 0.2) is 0 Å². The number of aryl methyl sites for hydroxylation is 1. The smallest absolute Gasteiger partial charge is 0.138 e. The Kier molecular flexibility index (Phi) is 5.11. The Hall–Kier alpha value is -5.14. The summed E-state index contributed by atoms with van der Waals surface area (Å²) in [5.74, 6) is 0. The van der Waals surface area contributed by atoms with Gasteiger partial charge in [-0.2, -0.15) is 0 Å². The zero-order chi connectivity index (χ0) is 26.6. The predicted octanol–water partition coefficient (Wildman–Crippen LogP) is 11.2. The summed E-state index contributed by atoms with van der Waals surface area (Å²) < 4.78 is 6.17. The van der Waals surface area contributed by atoms with E-state index in [1.165, 1.54) is 60.3 Å². The van der Waals surface area contributed by atoms with Crippen molar-refractivity contribution < 1.29 is 4.42 Å². The summed E-state index contributed by atoms with van der Waals surface area (Å²) in [6.07, 6.45) is 0. The summed E-state index contributed by atoms with van der Waals surface area (Å²) in [6, 6.07) is 50.2. The zero-order valence-corrected chi connectivity index (χ0v) is 22.2. The molecule has 0 spiro atoms. The maximum atomic E-state index is 6.17. The first kappa shape index (κ1) is 22.8. The number of hydrogen-bond acceptors (Lipinski definition) is 1. The Morgan fingerprint density at radius 2 is 0.850 bits per heavy atom. The van der Waals surface area contributed by atoms with Crippen molar-refractivity contribution in [2.75, 3.05) is 0 Å². The van der Waals surface area contributed by atoms with Gasteiger partial charge in [0.2, 0.25) is 0 Å². The lowest BCUT2D eigenvalue weighted by Crippen LogP contribution is -1.90. The normalized spacial score (nSPS) is 11.6. The van der Waals surface area contributed by atoms with Gasteiger partial charge in [-0.15, -0.1) is 0 Å². The molecule has 0 radical (unpaired) electrons. The molecule has 7 aromatic carbocycles. The topological polar surface area (TPSA) is 13.1 Å². The number of para-hydroxylation sites is 1. The predicted molar refractivity (Wildman–Crippen MR) is 170 cm³/mol. The van der Waals surface area contributed by atoms with Gasteiger partial charge in [0.25, 0.3) is 0 Å². The van der Waals surface area contributed by atoms with E-state index < -0.39 is 0 Å². The molecule has 1 nitrogen and oxygen atoms in total. The zero-order valence-electron chi connectivity index (χ0n) is 22.2. The molecule has 0 amide bonds. The van der Waals surface area contributed by atoms with Crippen molar-refractivity contribution in [3.63, 3.8) is 0 Å². The number of furan rings is 1. The highest BCUT2D eigenvalue weighted by Gasteiger charge is 2.17. The van der Waals surface area contributed by atoms with E-state index in [0.29, 0.717) is 0 Å². The van der Waals surface area contributed by atoms with Crippen LogP contribution in [0.1, 0.15) is 5.56 Å². The van der Waals surface area contributed by atoms with E-state index in [0.717, 1.165) is 22.1 Å². The van der Waals surface area contributed by atoms with Crippen LogP contribution in [0.15, 0.2) is 144 Å². The Morgan fingerprint density at radius 1 is 0.375 bits per heavy atom. The lowest BCUT2D eigenvalue weighted by molar-refractivity contribution is 0.666. The standard InChI is InChI=1S/C39H26O/c1-25-23-29(24-35-30-13-9-10-18-36(30)40-39(25)35)26-19-21-28(22-20-26)38-33-16-7-5-14-31(33)37(27-11-3-2-4-12-27)32-15-6-8-17-34(32)38/h2-24H,1H3. The molecule has 0 saturated carbocycles. The molecule has 0 fully saturated rings. The van der Waals surface area contributed by atoms with Crippen molar-refractivity contribution in [3.05, 3.63) is 145 Å². The third-order valence-electron chi connectivity index (χ3n) is 8.16. The Bertz CT molecular complexity index is 2140. The van der Waals surface area contributed by atoms with Gasteiger partial charge in [0.05, 0.1) is 0 Å². The molecule has 188 valence electrons. The van der Waals surface area contributed by atoms with E-state index in [-0.39, 0.29) is 0 Å². The molecule has 8 aromatic rings. The molecule has 0 saturated heterocycles. The van der Waals surface area contributed by atoms with E-state index in [9.17, 15) is 0 Å². The van der Waals surface area contributed by atoms with Crippen LogP contribution in [-0.4, -0.2) is 0 Å². The molecule has 1 heteroatoms. The summed E-state index contributed by atoms with van der Waals surface area (Å²) in [5, 5.41) is 7.43. The third-order valence-corrected chi connectivity index (χ3v) is 8.16. The summed E-state index contributed by atoms with van der Waals surface area (Å²) in [5.41, 5.74) is 10.5. The summed E-state index contributed by atoms with van der Waals surface area (Å²) in [4.78, 5) is 0. The van der Waals surface area contributed by atoms with E-state index in [4.69, 9.17) is 4.42 Å². The molecule has 8 rings (SSSR count). The van der Waals surface area contributed by atoms with Crippen LogP contribution in [0.4, 0.5) is 0 Å². The van der Waals surface area contributed by atoms with Crippen molar-refractivity contribution in [1.29, 1.82) is 0 Å². The van der Waals surface area contributed by atoms with Gasteiger partial charge in [0, 0.05) is 10.8 Å². The monoisotopic (exact) mass is 510 g/mol. The highest BCUT2D eigenvalue weighted by Crippen LogP contribution is 2.44. The van der Waals surface area contributed by atoms with Crippen molar-refractivity contribution in [3.8, 4) is 33.4 Å². The fourth-order valence-electron chi connectivity index (χ4n) is 6.35. The molecule has 0 N–H and O–H groups in total. The van der Waals surface area contributed by atoms with Crippen LogP contribution >= 0.6 is 0 Å². The van der Waals surface area contributed by atoms with Crippen molar-refractivity contribution in [2.45, 2.75) is 6.92 Å². The van der Waals surface area contributed by atoms with Crippen molar-refractivity contribution in [1.82, 2.24) is 0 Å². The second-order valence-electron chi connectivity index (χ2n) is 10.6. The van der Waals surface area contributed by atoms with Crippen LogP contribution < -0.4 is 0 Å². The first-order valence-corrected chi connectivity index (χ1v) is 13.8. The highest BCUT2D eigenvalue weighted by molar-refractivity contribution is 6.21. The molecule has 0 aliphatic rings. The minimum atomic E-state index is 0.936. The molecule has 1 aromatic heterocycles. The molecule has 0 unspecified atom stereocenters. The number of benzene rings is 7. The molecular weight excluding hydrogens is 484 g/mol. The second-order valence-corrected chi connectivity index (χ2v) is 10.6. The van der Waals surface area contributed by atoms with Crippen LogP contribution in [0.3, 0.4) is 0 Å². The van der Waals surface area contributed by atoms with Crippen LogP contribution in [0.5, 0.6) is 0 Å². The van der Waals surface area contributed by atoms with Gasteiger partial charge in [-0.25, -0.2) is 0 Å². The van der Waals surface area contributed by atoms with E-state index in [2.05, 4.69) is 134 Å². The SMILES string of the molecule is Cc1cc(-c2ccc(-c3c4ccccc4c(-c4ccccc4)c4ccccc34)cc2)cc2c1oc1ccccc12. The van der Waals surface area contributed by atoms with Gasteiger partial charge < -0.3 is 4.42 Å². The minimum absolute atomic E-state index is 0.936. The van der Waals surface area contributed by atoms with Gasteiger partial charge in [-0.3, -0.25) is 0 Å². The van der Waals surface area contributed by atoms with Crippen LogP contribution in [0, 0.1) is 6.92 Å². The van der Waals surface area contributed by atoms with Crippen molar-refractivity contribution in [2.24, 2.45) is 0 Å². The number of hydrogen-bond donors (Lipinski definition) is 0. The summed E-state index contributed by atoms with van der Waals surface area (Å²) in [6.45, 7) is 2.13. The highest BCUT2D eigenvalue weighted by atomic mass is 16.3. The lowest BCUT2D eigenvalue weighted by Gasteiger charge is -2.18. The largest absolute Gasteiger partial charge is 0.456 e. The maximum absolute atomic E-state index is 6.17. The Balaban J connectivity index is 1.32. The molecule has 0 aliphatic carbocycles. The summed E-state index contributed by atoms with van der Waals surface area (Å²) >= 11 is 0. The molecule has 0 atom stereocenters. The quantitative estimate of drug-likeness (QED) is 0.215. The third kappa shape index (κ3) is 3.48. The fraction of sp³-hybridized carbons (Fsp3) is 0.0256. The average Bonchev–Trinajstić information content (AvgIpc) is 3.40. The fourth-order valence-corrected chi connectivity index (χ4v) is 6.35. The molecular formula is C39H26O. The van der Waals surface area contributed by atoms with Gasteiger partial charge in [-0.05, 0) is 85.6 Å². The van der Waals surface area contributed by atoms with Crippen LogP contribution in [0.2, 0.25) is 0 Å². The van der Waals surface area contributed by atoms with E-state index in [1.807, 2.05) is 12.1 Å². The number of rotatable bonds is 3. The first-order valence-electron chi connectivity index (χ1n) is 13.8. The lowest BCUT2D eigenvalue weighted by atomic mass is 9.85. The molecule has 40 heavy (non-hydrogen) atoms. The van der Waals surface area contributed by atoms with Crippen molar-refractivity contribution >= 4 is 43.5 Å². The Labute approximate surface area is 232 Å². The maximum Gasteiger partial charge on any atom is 0.138 e. The van der Waals surface area contributed by atoms with E-state index >= 15 is 0 Å². The minimum Gasteiger partial charge on any atom is -0.456 e. The summed E-state index contributed by atoms with van der Waals surface area (Å²) in [7, 11) is 0.